The zero-order valence-electron chi connectivity index (χ0n) is 18.5. The molecule has 1 aromatic heterocycles. The van der Waals surface area contributed by atoms with E-state index in [4.69, 9.17) is 14.2 Å². The fourth-order valence-electron chi connectivity index (χ4n) is 3.81. The molecule has 1 unspecified atom stereocenters. The Hall–Kier alpha value is -2.80. The number of benzene rings is 1. The van der Waals surface area contributed by atoms with E-state index in [0.717, 1.165) is 38.2 Å². The molecule has 31 heavy (non-hydrogen) atoms. The molecule has 1 atom stereocenters. The van der Waals surface area contributed by atoms with Gasteiger partial charge in [-0.1, -0.05) is 24.3 Å². The molecule has 1 saturated heterocycles. The third kappa shape index (κ3) is 5.67. The van der Waals surface area contributed by atoms with Crippen molar-refractivity contribution in [2.24, 2.45) is 0 Å². The van der Waals surface area contributed by atoms with Gasteiger partial charge in [-0.15, -0.1) is 0 Å². The number of carbonyl (C=O) groups is 1. The van der Waals surface area contributed by atoms with Crippen molar-refractivity contribution in [3.05, 3.63) is 53.7 Å². The van der Waals surface area contributed by atoms with Gasteiger partial charge in [0.1, 0.15) is 12.2 Å². The van der Waals surface area contributed by atoms with E-state index in [1.807, 2.05) is 37.8 Å². The molecule has 1 amide bonds. The van der Waals surface area contributed by atoms with E-state index in [0.29, 0.717) is 24.8 Å². The van der Waals surface area contributed by atoms with Gasteiger partial charge >= 0.3 is 6.09 Å². The molecule has 0 saturated carbocycles. The lowest BCUT2D eigenvalue weighted by Gasteiger charge is -2.26. The number of nitrogens with zero attached hydrogens (tertiary/aromatic N) is 3. The number of hydrogen-bond donors (Lipinski definition) is 0. The molecule has 2 aliphatic rings. The highest BCUT2D eigenvalue weighted by atomic mass is 16.6. The Bertz CT molecular complexity index is 894. The van der Waals surface area contributed by atoms with Crippen LogP contribution in [0.1, 0.15) is 44.4 Å². The van der Waals surface area contributed by atoms with Crippen molar-refractivity contribution in [1.29, 1.82) is 0 Å². The number of pyridine rings is 1. The molecule has 0 N–H and O–H groups in total. The van der Waals surface area contributed by atoms with Crippen molar-refractivity contribution in [3.63, 3.8) is 0 Å². The van der Waals surface area contributed by atoms with Gasteiger partial charge in [0.15, 0.2) is 11.9 Å². The molecule has 4 rings (SSSR count). The lowest BCUT2D eigenvalue weighted by atomic mass is 10.1. The fraction of sp³-hybridized carbons (Fsp3) is 0.500. The zero-order chi connectivity index (χ0) is 21.8. The molecule has 0 aliphatic carbocycles. The van der Waals surface area contributed by atoms with Gasteiger partial charge in [0.05, 0.1) is 0 Å². The molecule has 166 valence electrons. The summed E-state index contributed by atoms with van der Waals surface area (Å²) < 4.78 is 17.3. The minimum absolute atomic E-state index is 0.156. The molecule has 7 heteroatoms. The second kappa shape index (κ2) is 9.14. The summed E-state index contributed by atoms with van der Waals surface area (Å²) in [4.78, 5) is 20.8. The number of carbonyl (C=O) groups excluding carboxylic acids is 1. The van der Waals surface area contributed by atoms with Crippen molar-refractivity contribution in [3.8, 4) is 11.6 Å². The minimum atomic E-state index is -0.462. The van der Waals surface area contributed by atoms with Crippen molar-refractivity contribution < 1.29 is 19.0 Å². The van der Waals surface area contributed by atoms with Crippen LogP contribution in [-0.4, -0.2) is 59.3 Å². The molecule has 2 aromatic rings. The van der Waals surface area contributed by atoms with E-state index < -0.39 is 5.60 Å². The molecule has 3 heterocycles. The van der Waals surface area contributed by atoms with E-state index in [2.05, 4.69) is 34.1 Å². The van der Waals surface area contributed by atoms with Crippen LogP contribution < -0.4 is 9.47 Å². The summed E-state index contributed by atoms with van der Waals surface area (Å²) in [6.45, 7) is 10.3. The Kier molecular flexibility index (Phi) is 6.32. The van der Waals surface area contributed by atoms with Gasteiger partial charge < -0.3 is 19.1 Å². The highest BCUT2D eigenvalue weighted by molar-refractivity contribution is 5.68. The van der Waals surface area contributed by atoms with Crippen LogP contribution in [0.3, 0.4) is 0 Å². The molecule has 0 spiro atoms. The largest absolute Gasteiger partial charge is 0.484 e. The van der Waals surface area contributed by atoms with Gasteiger partial charge in [-0.25, -0.2) is 9.78 Å². The van der Waals surface area contributed by atoms with Crippen molar-refractivity contribution in [1.82, 2.24) is 14.8 Å². The first-order valence-corrected chi connectivity index (χ1v) is 10.9. The van der Waals surface area contributed by atoms with E-state index in [1.54, 1.807) is 6.20 Å². The van der Waals surface area contributed by atoms with Crippen LogP contribution in [0, 0.1) is 0 Å². The summed E-state index contributed by atoms with van der Waals surface area (Å²) in [6, 6.07) is 12.2. The van der Waals surface area contributed by atoms with Crippen LogP contribution in [0.2, 0.25) is 0 Å². The van der Waals surface area contributed by atoms with Crippen LogP contribution >= 0.6 is 0 Å². The van der Waals surface area contributed by atoms with Crippen LogP contribution in [0.5, 0.6) is 11.6 Å². The Morgan fingerprint density at radius 1 is 1.13 bits per heavy atom. The Morgan fingerprint density at radius 2 is 1.94 bits per heavy atom. The topological polar surface area (TPSA) is 64.1 Å². The standard InChI is InChI=1S/C24H31N3O4/c1-24(2,3)31-23(28)27-13-5-12-26(14-15-27)16-18-7-9-19(10-8-18)21-17-29-20-6-4-11-25-22(20)30-21/h4,6-11,21H,5,12-17H2,1-3H3. The lowest BCUT2D eigenvalue weighted by Crippen LogP contribution is -2.39. The van der Waals surface area contributed by atoms with Crippen LogP contribution in [-0.2, 0) is 11.3 Å². The van der Waals surface area contributed by atoms with E-state index in [1.165, 1.54) is 5.56 Å². The van der Waals surface area contributed by atoms with Gasteiger partial charge in [0.25, 0.3) is 5.88 Å². The van der Waals surface area contributed by atoms with E-state index >= 15 is 0 Å². The normalized spacial score (nSPS) is 19.6. The first-order valence-electron chi connectivity index (χ1n) is 10.9. The number of amides is 1. The summed E-state index contributed by atoms with van der Waals surface area (Å²) >= 11 is 0. The second-order valence-electron chi connectivity index (χ2n) is 9.06. The molecule has 0 radical (unpaired) electrons. The van der Waals surface area contributed by atoms with Crippen LogP contribution in [0.4, 0.5) is 4.79 Å². The maximum atomic E-state index is 12.4. The number of ether oxygens (including phenoxy) is 3. The van der Waals surface area contributed by atoms with Gasteiger partial charge in [-0.2, -0.15) is 0 Å². The van der Waals surface area contributed by atoms with Crippen LogP contribution in [0.15, 0.2) is 42.6 Å². The summed E-state index contributed by atoms with van der Waals surface area (Å²) in [5, 5.41) is 0. The summed E-state index contributed by atoms with van der Waals surface area (Å²) in [6.07, 6.45) is 2.27. The molecule has 0 bridgehead atoms. The van der Waals surface area contributed by atoms with Crippen molar-refractivity contribution in [2.75, 3.05) is 32.8 Å². The Balaban J connectivity index is 1.31. The number of hydrogen-bond acceptors (Lipinski definition) is 6. The van der Waals surface area contributed by atoms with Crippen LogP contribution in [0.25, 0.3) is 0 Å². The van der Waals surface area contributed by atoms with Crippen molar-refractivity contribution >= 4 is 6.09 Å². The van der Waals surface area contributed by atoms with Crippen molar-refractivity contribution in [2.45, 2.75) is 45.4 Å². The van der Waals surface area contributed by atoms with Gasteiger partial charge in [-0.3, -0.25) is 4.90 Å². The molecular weight excluding hydrogens is 394 g/mol. The maximum absolute atomic E-state index is 12.4. The van der Waals surface area contributed by atoms with E-state index in [-0.39, 0.29) is 12.2 Å². The number of fused-ring (bicyclic) bond motifs is 1. The summed E-state index contributed by atoms with van der Waals surface area (Å²) in [5.41, 5.74) is 1.85. The highest BCUT2D eigenvalue weighted by Crippen LogP contribution is 2.34. The quantitative estimate of drug-likeness (QED) is 0.740. The Morgan fingerprint density at radius 3 is 2.71 bits per heavy atom. The Labute approximate surface area is 183 Å². The third-order valence-electron chi connectivity index (χ3n) is 5.38. The first kappa shape index (κ1) is 21.4. The summed E-state index contributed by atoms with van der Waals surface area (Å²) in [7, 11) is 0. The molecular formula is C24H31N3O4. The molecule has 1 aromatic carbocycles. The number of aromatic nitrogens is 1. The zero-order valence-corrected chi connectivity index (χ0v) is 18.5. The van der Waals surface area contributed by atoms with E-state index in [9.17, 15) is 4.79 Å². The average Bonchev–Trinajstić information content (AvgIpc) is 2.98. The average molecular weight is 426 g/mol. The maximum Gasteiger partial charge on any atom is 0.410 e. The van der Waals surface area contributed by atoms with Gasteiger partial charge in [0.2, 0.25) is 0 Å². The predicted octanol–water partition coefficient (Wildman–Crippen LogP) is 4.04. The first-order chi connectivity index (χ1) is 14.9. The monoisotopic (exact) mass is 425 g/mol. The number of rotatable bonds is 3. The molecule has 2 aliphatic heterocycles. The lowest BCUT2D eigenvalue weighted by molar-refractivity contribution is 0.0257. The second-order valence-corrected chi connectivity index (χ2v) is 9.06. The summed E-state index contributed by atoms with van der Waals surface area (Å²) in [5.74, 6) is 1.24. The van der Waals surface area contributed by atoms with Gasteiger partial charge in [0, 0.05) is 38.9 Å². The molecule has 7 nitrogen and oxygen atoms in total. The fourth-order valence-corrected chi connectivity index (χ4v) is 3.81. The minimum Gasteiger partial charge on any atom is -0.484 e. The highest BCUT2D eigenvalue weighted by Gasteiger charge is 2.25. The SMILES string of the molecule is CC(C)(C)OC(=O)N1CCCN(Cc2ccc(C3COc4cccnc4O3)cc2)CC1. The third-order valence-corrected chi connectivity index (χ3v) is 5.38. The molecule has 1 fully saturated rings. The smallest absolute Gasteiger partial charge is 0.410 e. The predicted molar refractivity (Wildman–Crippen MR) is 117 cm³/mol. The van der Waals surface area contributed by atoms with Gasteiger partial charge in [-0.05, 0) is 50.5 Å².